The lowest BCUT2D eigenvalue weighted by atomic mass is 10.0. The highest BCUT2D eigenvalue weighted by Gasteiger charge is 2.19. The maximum atomic E-state index is 12.9. The standard InChI is InChI=1S/C62H110O6/c1-4-7-10-13-16-19-22-25-27-29-30-31-32-34-35-37-40-43-46-49-52-55-61(64)67-58-59(57-66-60(63)54-51-48-45-42-39-24-21-18-15-12-9-6-3)68-62(65)56-53-50-47-44-41-38-36-33-28-26-23-20-17-14-11-8-5-2/h7,10,16,18-19,21,25,27,30-31,59H,4-6,8-9,11-15,17,20,22-24,26,28-29,32-58H2,1-3H3/b10-7-,19-16-,21-18-,27-25-,31-30-. The van der Waals surface area contributed by atoms with Gasteiger partial charge in [0.25, 0.3) is 0 Å². The van der Waals surface area contributed by atoms with Crippen LogP contribution in [0.1, 0.15) is 297 Å². The second-order valence-corrected chi connectivity index (χ2v) is 19.5. The van der Waals surface area contributed by atoms with Crippen molar-refractivity contribution in [1.82, 2.24) is 0 Å². The van der Waals surface area contributed by atoms with Crippen molar-refractivity contribution in [3.63, 3.8) is 0 Å². The van der Waals surface area contributed by atoms with E-state index in [1.54, 1.807) is 0 Å². The van der Waals surface area contributed by atoms with Crippen LogP contribution < -0.4 is 0 Å². The molecule has 0 aromatic heterocycles. The van der Waals surface area contributed by atoms with E-state index >= 15 is 0 Å². The van der Waals surface area contributed by atoms with E-state index in [0.717, 1.165) is 96.3 Å². The summed E-state index contributed by atoms with van der Waals surface area (Å²) >= 11 is 0. The van der Waals surface area contributed by atoms with Crippen molar-refractivity contribution in [2.45, 2.75) is 303 Å². The Bertz CT molecular complexity index is 1230. The van der Waals surface area contributed by atoms with E-state index in [1.165, 1.54) is 161 Å². The zero-order valence-corrected chi connectivity index (χ0v) is 45.1. The second kappa shape index (κ2) is 56.7. The molecule has 0 heterocycles. The third-order valence-electron chi connectivity index (χ3n) is 12.8. The maximum absolute atomic E-state index is 12.9. The number of allylic oxidation sites excluding steroid dienone is 10. The lowest BCUT2D eigenvalue weighted by Crippen LogP contribution is -2.30. The Morgan fingerprint density at radius 3 is 0.941 bits per heavy atom. The van der Waals surface area contributed by atoms with Gasteiger partial charge >= 0.3 is 17.9 Å². The SMILES string of the molecule is CC/C=C\C/C=C\C/C=C\C/C=C\CCCCCCCCCCC(=O)OCC(COC(=O)CCCCCCC/C=C\CCCCC)OC(=O)CCCCCCCCCCCCCCCCCCC. The summed E-state index contributed by atoms with van der Waals surface area (Å²) in [5.74, 6) is -0.881. The van der Waals surface area contributed by atoms with E-state index in [9.17, 15) is 14.4 Å². The monoisotopic (exact) mass is 951 g/mol. The van der Waals surface area contributed by atoms with Crippen LogP contribution in [-0.4, -0.2) is 37.2 Å². The summed E-state index contributed by atoms with van der Waals surface area (Å²) in [4.78, 5) is 38.1. The lowest BCUT2D eigenvalue weighted by Gasteiger charge is -2.18. The number of carbonyl (C=O) groups is 3. The second-order valence-electron chi connectivity index (χ2n) is 19.5. The highest BCUT2D eigenvalue weighted by Crippen LogP contribution is 2.16. The molecule has 0 fully saturated rings. The molecular formula is C62H110O6. The van der Waals surface area contributed by atoms with Gasteiger partial charge in [0.2, 0.25) is 0 Å². The topological polar surface area (TPSA) is 78.9 Å². The molecule has 0 saturated carbocycles. The van der Waals surface area contributed by atoms with Gasteiger partial charge in [0.15, 0.2) is 6.10 Å². The van der Waals surface area contributed by atoms with Crippen LogP contribution in [0, 0.1) is 0 Å². The summed E-state index contributed by atoms with van der Waals surface area (Å²) in [6, 6.07) is 0. The summed E-state index contributed by atoms with van der Waals surface area (Å²) in [7, 11) is 0. The van der Waals surface area contributed by atoms with Crippen LogP contribution in [-0.2, 0) is 28.6 Å². The van der Waals surface area contributed by atoms with Gasteiger partial charge in [-0.2, -0.15) is 0 Å². The number of ether oxygens (including phenoxy) is 3. The Hall–Kier alpha value is -2.89. The molecule has 1 atom stereocenters. The molecule has 0 rings (SSSR count). The van der Waals surface area contributed by atoms with Gasteiger partial charge in [-0.05, 0) is 83.5 Å². The number of esters is 3. The molecular weight excluding hydrogens is 841 g/mol. The van der Waals surface area contributed by atoms with E-state index in [1.807, 2.05) is 0 Å². The average Bonchev–Trinajstić information content (AvgIpc) is 3.34. The highest BCUT2D eigenvalue weighted by molar-refractivity contribution is 5.71. The molecule has 0 aromatic carbocycles. The van der Waals surface area contributed by atoms with Crippen molar-refractivity contribution >= 4 is 17.9 Å². The van der Waals surface area contributed by atoms with Gasteiger partial charge in [-0.1, -0.05) is 255 Å². The molecule has 0 saturated heterocycles. The summed E-state index contributed by atoms with van der Waals surface area (Å²) < 4.78 is 16.9. The first kappa shape index (κ1) is 65.1. The number of unbranched alkanes of at least 4 members (excludes halogenated alkanes) is 32. The Morgan fingerprint density at radius 2 is 0.574 bits per heavy atom. The van der Waals surface area contributed by atoms with Gasteiger partial charge in [-0.25, -0.2) is 0 Å². The third kappa shape index (κ3) is 54.1. The summed E-state index contributed by atoms with van der Waals surface area (Å²) in [6.45, 7) is 6.52. The van der Waals surface area contributed by atoms with Crippen molar-refractivity contribution < 1.29 is 28.6 Å². The van der Waals surface area contributed by atoms with Crippen LogP contribution in [0.3, 0.4) is 0 Å². The van der Waals surface area contributed by atoms with Crippen molar-refractivity contribution in [3.05, 3.63) is 60.8 Å². The van der Waals surface area contributed by atoms with E-state index in [2.05, 4.69) is 81.5 Å². The smallest absolute Gasteiger partial charge is 0.306 e. The predicted molar refractivity (Wildman–Crippen MR) is 293 cm³/mol. The van der Waals surface area contributed by atoms with Gasteiger partial charge in [0.1, 0.15) is 13.2 Å². The first-order valence-electron chi connectivity index (χ1n) is 29.3. The van der Waals surface area contributed by atoms with E-state index in [0.29, 0.717) is 19.3 Å². The van der Waals surface area contributed by atoms with Crippen LogP contribution in [0.2, 0.25) is 0 Å². The molecule has 0 aliphatic rings. The van der Waals surface area contributed by atoms with Crippen LogP contribution >= 0.6 is 0 Å². The Morgan fingerprint density at radius 1 is 0.309 bits per heavy atom. The summed E-state index contributed by atoms with van der Waals surface area (Å²) in [5, 5.41) is 0. The lowest BCUT2D eigenvalue weighted by molar-refractivity contribution is -0.167. The van der Waals surface area contributed by atoms with Crippen LogP contribution in [0.5, 0.6) is 0 Å². The molecule has 0 amide bonds. The number of hydrogen-bond acceptors (Lipinski definition) is 6. The van der Waals surface area contributed by atoms with Gasteiger partial charge in [0.05, 0.1) is 0 Å². The fourth-order valence-corrected chi connectivity index (χ4v) is 8.37. The Kier molecular flexibility index (Phi) is 54.3. The quantitative estimate of drug-likeness (QED) is 0.0262. The molecule has 0 aliphatic heterocycles. The van der Waals surface area contributed by atoms with E-state index < -0.39 is 6.10 Å². The van der Waals surface area contributed by atoms with Gasteiger partial charge in [0, 0.05) is 19.3 Å². The molecule has 0 radical (unpaired) electrons. The fraction of sp³-hybridized carbons (Fsp3) is 0.790. The highest BCUT2D eigenvalue weighted by atomic mass is 16.6. The Labute approximate surface area is 421 Å². The van der Waals surface area contributed by atoms with Gasteiger partial charge in [-0.3, -0.25) is 14.4 Å². The predicted octanol–water partition coefficient (Wildman–Crippen LogP) is 19.6. The average molecular weight is 952 g/mol. The van der Waals surface area contributed by atoms with Crippen molar-refractivity contribution in [1.29, 1.82) is 0 Å². The minimum absolute atomic E-state index is 0.0784. The molecule has 0 aliphatic carbocycles. The third-order valence-corrected chi connectivity index (χ3v) is 12.8. The molecule has 1 unspecified atom stereocenters. The molecule has 6 nitrogen and oxygen atoms in total. The number of hydrogen-bond donors (Lipinski definition) is 0. The first-order chi connectivity index (χ1) is 33.5. The molecule has 0 N–H and O–H groups in total. The largest absolute Gasteiger partial charge is 0.462 e. The zero-order chi connectivity index (χ0) is 49.3. The maximum Gasteiger partial charge on any atom is 0.306 e. The summed E-state index contributed by atoms with van der Waals surface area (Å²) in [5.41, 5.74) is 0. The molecule has 68 heavy (non-hydrogen) atoms. The van der Waals surface area contributed by atoms with Gasteiger partial charge in [-0.15, -0.1) is 0 Å². The van der Waals surface area contributed by atoms with E-state index in [-0.39, 0.29) is 31.1 Å². The molecule has 394 valence electrons. The van der Waals surface area contributed by atoms with Crippen molar-refractivity contribution in [2.75, 3.05) is 13.2 Å². The molecule has 0 spiro atoms. The van der Waals surface area contributed by atoms with Crippen LogP contribution in [0.15, 0.2) is 60.8 Å². The summed E-state index contributed by atoms with van der Waals surface area (Å²) in [6.07, 6.45) is 70.7. The number of carbonyl (C=O) groups excluding carboxylic acids is 3. The van der Waals surface area contributed by atoms with Crippen molar-refractivity contribution in [2.24, 2.45) is 0 Å². The van der Waals surface area contributed by atoms with Gasteiger partial charge < -0.3 is 14.2 Å². The van der Waals surface area contributed by atoms with Crippen LogP contribution in [0.25, 0.3) is 0 Å². The molecule has 0 bridgehead atoms. The zero-order valence-electron chi connectivity index (χ0n) is 45.1. The van der Waals surface area contributed by atoms with E-state index in [4.69, 9.17) is 14.2 Å². The van der Waals surface area contributed by atoms with Crippen LogP contribution in [0.4, 0.5) is 0 Å². The molecule has 6 heteroatoms. The minimum atomic E-state index is -0.779. The first-order valence-corrected chi connectivity index (χ1v) is 29.3. The normalized spacial score (nSPS) is 12.5. The fourth-order valence-electron chi connectivity index (χ4n) is 8.37. The number of rotatable bonds is 53. The Balaban J connectivity index is 4.33. The van der Waals surface area contributed by atoms with Crippen molar-refractivity contribution in [3.8, 4) is 0 Å². The molecule has 0 aromatic rings. The minimum Gasteiger partial charge on any atom is -0.462 e.